The first-order valence-corrected chi connectivity index (χ1v) is 12.0. The number of hydrogen-bond donors (Lipinski definition) is 1. The molecule has 0 radical (unpaired) electrons. The molecular formula is C30H28F3NO4. The highest BCUT2D eigenvalue weighted by Crippen LogP contribution is 2.44. The number of ketones is 1. The van der Waals surface area contributed by atoms with E-state index in [-0.39, 0.29) is 22.2 Å². The second-order valence-corrected chi connectivity index (χ2v) is 10.3. The van der Waals surface area contributed by atoms with Crippen molar-refractivity contribution in [3.63, 3.8) is 0 Å². The minimum atomic E-state index is -4.56. The van der Waals surface area contributed by atoms with E-state index in [9.17, 15) is 27.9 Å². The van der Waals surface area contributed by atoms with Crippen LogP contribution < -0.4 is 9.64 Å². The van der Waals surface area contributed by atoms with Gasteiger partial charge in [-0.1, -0.05) is 56.7 Å². The minimum absolute atomic E-state index is 0.0982. The summed E-state index contributed by atoms with van der Waals surface area (Å²) in [6, 6.07) is 15.3. The molecule has 1 heterocycles. The lowest BCUT2D eigenvalue weighted by atomic mass is 9.85. The maximum absolute atomic E-state index is 13.5. The smallest absolute Gasteiger partial charge is 0.416 e. The molecular weight excluding hydrogens is 495 g/mol. The van der Waals surface area contributed by atoms with E-state index in [1.54, 1.807) is 30.3 Å². The quantitative estimate of drug-likeness (QED) is 0.228. The molecule has 1 saturated heterocycles. The Morgan fingerprint density at radius 1 is 0.921 bits per heavy atom. The van der Waals surface area contributed by atoms with Gasteiger partial charge in [0.05, 0.1) is 29.9 Å². The molecule has 3 aromatic carbocycles. The van der Waals surface area contributed by atoms with Gasteiger partial charge in [0.1, 0.15) is 11.5 Å². The third-order valence-electron chi connectivity index (χ3n) is 6.60. The van der Waals surface area contributed by atoms with Crippen molar-refractivity contribution in [3.8, 4) is 5.75 Å². The number of ether oxygens (including phenoxy) is 1. The predicted molar refractivity (Wildman–Crippen MR) is 139 cm³/mol. The third kappa shape index (κ3) is 4.90. The van der Waals surface area contributed by atoms with Crippen LogP contribution >= 0.6 is 0 Å². The number of aliphatic hydroxyl groups excluding tert-OH is 1. The van der Waals surface area contributed by atoms with Gasteiger partial charge in [0.15, 0.2) is 0 Å². The number of carbonyl (C=O) groups is 2. The minimum Gasteiger partial charge on any atom is -0.507 e. The van der Waals surface area contributed by atoms with Gasteiger partial charge in [-0.25, -0.2) is 0 Å². The Hall–Kier alpha value is -4.07. The molecule has 0 aliphatic carbocycles. The Labute approximate surface area is 219 Å². The summed E-state index contributed by atoms with van der Waals surface area (Å²) in [6.07, 6.45) is -4.56. The van der Waals surface area contributed by atoms with Crippen LogP contribution in [0.2, 0.25) is 0 Å². The van der Waals surface area contributed by atoms with E-state index >= 15 is 0 Å². The summed E-state index contributed by atoms with van der Waals surface area (Å²) in [4.78, 5) is 27.9. The van der Waals surface area contributed by atoms with Crippen LogP contribution in [0.5, 0.6) is 5.75 Å². The van der Waals surface area contributed by atoms with Crippen LogP contribution in [0.15, 0.2) is 72.3 Å². The van der Waals surface area contributed by atoms with Crippen LogP contribution in [-0.2, 0) is 21.2 Å². The SMILES string of the molecule is COc1ccc(C(C)(C)C)cc1/C(O)=C1\C(=O)C(=O)N(c2ccc(C(F)(F)F)cc2)C1c1cccc(C)c1. The second kappa shape index (κ2) is 9.67. The summed E-state index contributed by atoms with van der Waals surface area (Å²) in [5.41, 5.74) is 1.22. The van der Waals surface area contributed by atoms with Crippen molar-refractivity contribution in [2.24, 2.45) is 0 Å². The normalized spacial score (nSPS) is 17.7. The summed E-state index contributed by atoms with van der Waals surface area (Å²) in [5, 5.41) is 11.6. The molecule has 1 amide bonds. The lowest BCUT2D eigenvalue weighted by molar-refractivity contribution is -0.137. The first kappa shape index (κ1) is 27.0. The van der Waals surface area contributed by atoms with Crippen LogP contribution in [0, 0.1) is 6.92 Å². The molecule has 1 fully saturated rings. The fraction of sp³-hybridized carbons (Fsp3) is 0.267. The van der Waals surface area contributed by atoms with Crippen LogP contribution in [-0.4, -0.2) is 23.9 Å². The van der Waals surface area contributed by atoms with Gasteiger partial charge in [-0.2, -0.15) is 13.2 Å². The van der Waals surface area contributed by atoms with Crippen molar-refractivity contribution >= 4 is 23.1 Å². The second-order valence-electron chi connectivity index (χ2n) is 10.3. The number of aliphatic hydroxyl groups is 1. The molecule has 0 bridgehead atoms. The molecule has 5 nitrogen and oxygen atoms in total. The summed E-state index contributed by atoms with van der Waals surface area (Å²) in [5.74, 6) is -2.02. The molecule has 4 rings (SSSR count). The maximum Gasteiger partial charge on any atom is 0.416 e. The molecule has 1 aliphatic rings. The van der Waals surface area contributed by atoms with Gasteiger partial charge in [0, 0.05) is 5.69 Å². The van der Waals surface area contributed by atoms with Gasteiger partial charge >= 0.3 is 6.18 Å². The van der Waals surface area contributed by atoms with Gasteiger partial charge in [-0.3, -0.25) is 14.5 Å². The topological polar surface area (TPSA) is 66.8 Å². The number of benzene rings is 3. The van der Waals surface area contributed by atoms with E-state index in [4.69, 9.17) is 4.74 Å². The van der Waals surface area contributed by atoms with Gasteiger partial charge < -0.3 is 9.84 Å². The van der Waals surface area contributed by atoms with Crippen LogP contribution in [0.3, 0.4) is 0 Å². The fourth-order valence-corrected chi connectivity index (χ4v) is 4.57. The molecule has 3 aromatic rings. The maximum atomic E-state index is 13.5. The van der Waals surface area contributed by atoms with E-state index < -0.39 is 35.2 Å². The monoisotopic (exact) mass is 523 g/mol. The van der Waals surface area contributed by atoms with Crippen molar-refractivity contribution in [1.82, 2.24) is 0 Å². The molecule has 0 spiro atoms. The molecule has 1 aliphatic heterocycles. The fourth-order valence-electron chi connectivity index (χ4n) is 4.57. The number of amides is 1. The molecule has 8 heteroatoms. The van der Waals surface area contributed by atoms with E-state index in [0.717, 1.165) is 40.3 Å². The van der Waals surface area contributed by atoms with Crippen LogP contribution in [0.4, 0.5) is 18.9 Å². The van der Waals surface area contributed by atoms with Crippen molar-refractivity contribution < 1.29 is 32.6 Å². The molecule has 1 N–H and O–H groups in total. The average molecular weight is 524 g/mol. The number of aryl methyl sites for hydroxylation is 1. The lowest BCUT2D eigenvalue weighted by Crippen LogP contribution is -2.29. The van der Waals surface area contributed by atoms with E-state index in [2.05, 4.69) is 0 Å². The Morgan fingerprint density at radius 3 is 2.11 bits per heavy atom. The average Bonchev–Trinajstić information content (AvgIpc) is 3.12. The summed E-state index contributed by atoms with van der Waals surface area (Å²) in [6.45, 7) is 7.82. The van der Waals surface area contributed by atoms with Crippen molar-refractivity contribution in [1.29, 1.82) is 0 Å². The number of alkyl halides is 3. The van der Waals surface area contributed by atoms with E-state index in [1.165, 1.54) is 7.11 Å². The summed E-state index contributed by atoms with van der Waals surface area (Å²) in [7, 11) is 1.43. The molecule has 198 valence electrons. The number of methoxy groups -OCH3 is 1. The van der Waals surface area contributed by atoms with E-state index in [0.29, 0.717) is 11.3 Å². The standard InChI is InChI=1S/C30H28F3NO4/c1-17-7-6-8-18(15-17)25-24(26(35)22-16-20(29(2,3)4)11-14-23(22)38-5)27(36)28(37)34(25)21-12-9-19(10-13-21)30(31,32)33/h6-16,25,35H,1-5H3/b26-24+. The Kier molecular flexibility index (Phi) is 6.86. The molecule has 38 heavy (non-hydrogen) atoms. The van der Waals surface area contributed by atoms with Crippen molar-refractivity contribution in [2.75, 3.05) is 12.0 Å². The number of nitrogens with zero attached hydrogens (tertiary/aromatic N) is 1. The zero-order valence-electron chi connectivity index (χ0n) is 21.7. The highest BCUT2D eigenvalue weighted by molar-refractivity contribution is 6.51. The number of Topliss-reactive ketones (excluding diaryl/α,β-unsaturated/α-hetero) is 1. The van der Waals surface area contributed by atoms with Gasteiger partial charge in [0.25, 0.3) is 11.7 Å². The first-order valence-electron chi connectivity index (χ1n) is 12.0. The van der Waals surface area contributed by atoms with Crippen molar-refractivity contribution in [2.45, 2.75) is 45.3 Å². The molecule has 1 atom stereocenters. The molecule has 0 aromatic heterocycles. The highest BCUT2D eigenvalue weighted by Gasteiger charge is 2.47. The summed E-state index contributed by atoms with van der Waals surface area (Å²) >= 11 is 0. The Balaban J connectivity index is 1.97. The lowest BCUT2D eigenvalue weighted by Gasteiger charge is -2.26. The zero-order valence-corrected chi connectivity index (χ0v) is 21.7. The van der Waals surface area contributed by atoms with Gasteiger partial charge in [-0.15, -0.1) is 0 Å². The third-order valence-corrected chi connectivity index (χ3v) is 6.60. The Bertz CT molecular complexity index is 1430. The predicted octanol–water partition coefficient (Wildman–Crippen LogP) is 6.95. The van der Waals surface area contributed by atoms with Gasteiger partial charge in [0.2, 0.25) is 0 Å². The van der Waals surface area contributed by atoms with E-state index in [1.807, 2.05) is 39.8 Å². The molecule has 0 saturated carbocycles. The molecule has 1 unspecified atom stereocenters. The van der Waals surface area contributed by atoms with Gasteiger partial charge in [-0.05, 0) is 59.9 Å². The Morgan fingerprint density at radius 2 is 1.55 bits per heavy atom. The summed E-state index contributed by atoms with van der Waals surface area (Å²) < 4.78 is 45.0. The largest absolute Gasteiger partial charge is 0.507 e. The first-order chi connectivity index (χ1) is 17.7. The number of anilines is 1. The highest BCUT2D eigenvalue weighted by atomic mass is 19.4. The van der Waals surface area contributed by atoms with Crippen LogP contribution in [0.25, 0.3) is 5.76 Å². The number of carbonyl (C=O) groups excluding carboxylic acids is 2. The van der Waals surface area contributed by atoms with Crippen LogP contribution in [0.1, 0.15) is 54.6 Å². The van der Waals surface area contributed by atoms with Crippen molar-refractivity contribution in [3.05, 3.63) is 100 Å². The number of rotatable bonds is 4. The zero-order chi connectivity index (χ0) is 28.0. The number of halogens is 3. The number of hydrogen-bond acceptors (Lipinski definition) is 4.